The number of alkyl halides is 3. The smallest absolute Gasteiger partial charge is 0.444 e. The van der Waals surface area contributed by atoms with Gasteiger partial charge in [0.15, 0.2) is 0 Å². The number of halogens is 3. The van der Waals surface area contributed by atoms with Crippen LogP contribution in [0.15, 0.2) is 88.7 Å². The number of hydrogen-bond donors (Lipinski definition) is 0. The number of hydrogen-bond acceptors (Lipinski definition) is 6. The van der Waals surface area contributed by atoms with Crippen LogP contribution in [0, 0.1) is 0 Å². The highest BCUT2D eigenvalue weighted by atomic mass is 32.2. The zero-order valence-corrected chi connectivity index (χ0v) is 22.7. The topological polar surface area (TPSA) is 72.9 Å². The first kappa shape index (κ1) is 29.4. The Bertz CT molecular complexity index is 1310. The van der Waals surface area contributed by atoms with Crippen molar-refractivity contribution in [2.45, 2.75) is 54.6 Å². The summed E-state index contributed by atoms with van der Waals surface area (Å²) in [6.07, 6.45) is 0.223. The average molecular weight is 568 g/mol. The molecule has 3 aromatic carbocycles. The van der Waals surface area contributed by atoms with E-state index in [-0.39, 0.29) is 6.09 Å². The molecule has 204 valence electrons. The lowest BCUT2D eigenvalue weighted by molar-refractivity contribution is -0.0500. The Labute approximate surface area is 224 Å². The summed E-state index contributed by atoms with van der Waals surface area (Å²) in [5, 5.41) is 0. The van der Waals surface area contributed by atoms with Crippen LogP contribution in [-0.2, 0) is 27.8 Å². The minimum atomic E-state index is -5.71. The molecular weight excluding hydrogens is 539 g/mol. The van der Waals surface area contributed by atoms with E-state index in [1.165, 1.54) is 23.9 Å². The van der Waals surface area contributed by atoms with Crippen LogP contribution in [0.2, 0.25) is 0 Å². The first-order chi connectivity index (χ1) is 17.7. The van der Waals surface area contributed by atoms with Gasteiger partial charge in [0.25, 0.3) is 0 Å². The predicted molar refractivity (Wildman–Crippen MR) is 139 cm³/mol. The second-order valence-electron chi connectivity index (χ2n) is 9.34. The standard InChI is InChI=1S/C27H28F3NO5S2/c1-26(2,3)35-25(32)31(19-21-7-5-4-6-8-21)18-17-20-9-13-23(14-10-20)37-24-15-11-22(12-16-24)36-38(33,34)27(28,29)30/h4-16H,17-19H2,1-3H3. The lowest BCUT2D eigenvalue weighted by Crippen LogP contribution is -2.37. The number of carbonyl (C=O) groups excluding carboxylic acids is 1. The van der Waals surface area contributed by atoms with Gasteiger partial charge in [-0.3, -0.25) is 0 Å². The molecule has 0 aliphatic heterocycles. The largest absolute Gasteiger partial charge is 0.534 e. The fraction of sp³-hybridized carbons (Fsp3) is 0.296. The fourth-order valence-corrected chi connectivity index (χ4v) is 4.50. The van der Waals surface area contributed by atoms with Crippen molar-refractivity contribution in [3.8, 4) is 5.75 Å². The zero-order valence-electron chi connectivity index (χ0n) is 21.1. The second-order valence-corrected chi connectivity index (χ2v) is 12.0. The maximum Gasteiger partial charge on any atom is 0.534 e. The lowest BCUT2D eigenvalue weighted by atomic mass is 10.1. The maximum atomic E-state index is 12.8. The summed E-state index contributed by atoms with van der Waals surface area (Å²) in [6, 6.07) is 22.6. The average Bonchev–Trinajstić information content (AvgIpc) is 2.82. The Balaban J connectivity index is 1.60. The van der Waals surface area contributed by atoms with E-state index in [0.717, 1.165) is 28.2 Å². The van der Waals surface area contributed by atoms with Gasteiger partial charge in [0.1, 0.15) is 11.4 Å². The highest BCUT2D eigenvalue weighted by Crippen LogP contribution is 2.31. The molecule has 1 amide bonds. The van der Waals surface area contributed by atoms with Gasteiger partial charge in [-0.05, 0) is 74.7 Å². The minimum Gasteiger partial charge on any atom is -0.444 e. The van der Waals surface area contributed by atoms with Gasteiger partial charge in [-0.2, -0.15) is 21.6 Å². The summed E-state index contributed by atoms with van der Waals surface area (Å²) in [4.78, 5) is 16.0. The van der Waals surface area contributed by atoms with Gasteiger partial charge < -0.3 is 13.8 Å². The first-order valence-electron chi connectivity index (χ1n) is 11.6. The summed E-state index contributed by atoms with van der Waals surface area (Å²) in [7, 11) is -5.71. The maximum absolute atomic E-state index is 12.8. The Morgan fingerprint density at radius 2 is 1.39 bits per heavy atom. The summed E-state index contributed by atoms with van der Waals surface area (Å²) in [5.74, 6) is -0.424. The highest BCUT2D eigenvalue weighted by molar-refractivity contribution is 7.99. The molecule has 11 heteroatoms. The molecule has 0 bridgehead atoms. The lowest BCUT2D eigenvalue weighted by Gasteiger charge is -2.27. The van der Waals surface area contributed by atoms with Crippen LogP contribution >= 0.6 is 11.8 Å². The van der Waals surface area contributed by atoms with Crippen LogP contribution < -0.4 is 4.18 Å². The van der Waals surface area contributed by atoms with E-state index < -0.39 is 27.0 Å². The van der Waals surface area contributed by atoms with Crippen LogP contribution in [0.3, 0.4) is 0 Å². The molecule has 0 aliphatic rings. The van der Waals surface area contributed by atoms with E-state index in [9.17, 15) is 26.4 Å². The molecule has 0 unspecified atom stereocenters. The number of nitrogens with zero attached hydrogens (tertiary/aromatic N) is 1. The van der Waals surface area contributed by atoms with Crippen LogP contribution in [0.5, 0.6) is 5.75 Å². The predicted octanol–water partition coefficient (Wildman–Crippen LogP) is 7.05. The van der Waals surface area contributed by atoms with Gasteiger partial charge in [0, 0.05) is 22.9 Å². The summed E-state index contributed by atoms with van der Waals surface area (Å²) in [5.41, 5.74) is -4.09. The molecule has 0 fully saturated rings. The summed E-state index contributed by atoms with van der Waals surface area (Å²) < 4.78 is 69.4. The van der Waals surface area contributed by atoms with Crippen molar-refractivity contribution < 1.29 is 35.3 Å². The van der Waals surface area contributed by atoms with Gasteiger partial charge in [-0.15, -0.1) is 0 Å². The summed E-state index contributed by atoms with van der Waals surface area (Å²) in [6.45, 7) is 6.36. The molecule has 0 spiro atoms. The van der Waals surface area contributed by atoms with Crippen LogP contribution in [0.4, 0.5) is 18.0 Å². The molecular formula is C27H28F3NO5S2. The van der Waals surface area contributed by atoms with Crippen molar-refractivity contribution in [2.75, 3.05) is 6.54 Å². The molecule has 0 radical (unpaired) electrons. The SMILES string of the molecule is CC(C)(C)OC(=O)N(CCc1ccc(Sc2ccc(OS(=O)(=O)C(F)(F)F)cc2)cc1)Cc1ccccc1. The number of carbonyl (C=O) groups is 1. The van der Waals surface area contributed by atoms with Gasteiger partial charge in [0.05, 0.1) is 0 Å². The van der Waals surface area contributed by atoms with Crippen molar-refractivity contribution in [3.05, 3.63) is 90.0 Å². The Morgan fingerprint density at radius 1 is 0.842 bits per heavy atom. The van der Waals surface area contributed by atoms with E-state index in [2.05, 4.69) is 4.18 Å². The Hall–Kier alpha value is -3.18. The molecule has 0 aromatic heterocycles. The molecule has 3 aromatic rings. The highest BCUT2D eigenvalue weighted by Gasteiger charge is 2.48. The molecule has 0 heterocycles. The molecule has 3 rings (SSSR count). The van der Waals surface area contributed by atoms with E-state index in [1.54, 1.807) is 4.90 Å². The molecule has 0 atom stereocenters. The summed E-state index contributed by atoms with van der Waals surface area (Å²) >= 11 is 1.35. The molecule has 6 nitrogen and oxygen atoms in total. The molecule has 38 heavy (non-hydrogen) atoms. The third-order valence-electron chi connectivity index (χ3n) is 5.01. The second kappa shape index (κ2) is 12.1. The molecule has 0 N–H and O–H groups in total. The van der Waals surface area contributed by atoms with E-state index >= 15 is 0 Å². The first-order valence-corrected chi connectivity index (χ1v) is 13.8. The van der Waals surface area contributed by atoms with Crippen molar-refractivity contribution in [1.82, 2.24) is 4.90 Å². The fourth-order valence-electron chi connectivity index (χ4n) is 3.23. The third-order valence-corrected chi connectivity index (χ3v) is 7.01. The number of benzene rings is 3. The third kappa shape index (κ3) is 8.98. The van der Waals surface area contributed by atoms with Crippen LogP contribution in [-0.4, -0.2) is 37.1 Å². The van der Waals surface area contributed by atoms with Crippen LogP contribution in [0.1, 0.15) is 31.9 Å². The quantitative estimate of drug-likeness (QED) is 0.204. The number of amides is 1. The number of rotatable bonds is 9. The normalized spacial score (nSPS) is 12.2. The van der Waals surface area contributed by atoms with Crippen molar-refractivity contribution in [3.63, 3.8) is 0 Å². The van der Waals surface area contributed by atoms with Gasteiger partial charge >= 0.3 is 21.7 Å². The Kier molecular flexibility index (Phi) is 9.37. The number of ether oxygens (including phenoxy) is 1. The van der Waals surface area contributed by atoms with Crippen LogP contribution in [0.25, 0.3) is 0 Å². The van der Waals surface area contributed by atoms with Gasteiger partial charge in [-0.1, -0.05) is 54.2 Å². The van der Waals surface area contributed by atoms with Crippen molar-refractivity contribution in [1.29, 1.82) is 0 Å². The minimum absolute atomic E-state index is 0.385. The monoisotopic (exact) mass is 567 g/mol. The van der Waals surface area contributed by atoms with Gasteiger partial charge in [-0.25, -0.2) is 4.79 Å². The Morgan fingerprint density at radius 3 is 1.92 bits per heavy atom. The zero-order chi connectivity index (χ0) is 28.0. The van der Waals surface area contributed by atoms with E-state index in [0.29, 0.717) is 24.4 Å². The van der Waals surface area contributed by atoms with Gasteiger partial charge in [0.2, 0.25) is 0 Å². The van der Waals surface area contributed by atoms with Crippen molar-refractivity contribution in [2.24, 2.45) is 0 Å². The molecule has 0 saturated carbocycles. The van der Waals surface area contributed by atoms with E-state index in [4.69, 9.17) is 4.74 Å². The van der Waals surface area contributed by atoms with E-state index in [1.807, 2.05) is 75.4 Å². The molecule has 0 aliphatic carbocycles. The molecule has 0 saturated heterocycles. The van der Waals surface area contributed by atoms with Crippen molar-refractivity contribution >= 4 is 28.0 Å².